The van der Waals surface area contributed by atoms with Gasteiger partial charge < -0.3 is 16.1 Å². The second-order valence-corrected chi connectivity index (χ2v) is 13.6. The fraction of sp³-hybridized carbons (Fsp3) is 0.294. The molecule has 1 fully saturated rings. The van der Waals surface area contributed by atoms with Gasteiger partial charge in [-0.1, -0.05) is 53.5 Å². The van der Waals surface area contributed by atoms with Gasteiger partial charge in [0.15, 0.2) is 5.83 Å². The fourth-order valence-corrected chi connectivity index (χ4v) is 6.26. The van der Waals surface area contributed by atoms with Gasteiger partial charge in [-0.2, -0.15) is 5.26 Å². The summed E-state index contributed by atoms with van der Waals surface area (Å²) in [6.45, 7) is 12.4. The summed E-state index contributed by atoms with van der Waals surface area (Å²) in [5.41, 5.74) is 9.62. The van der Waals surface area contributed by atoms with Crippen LogP contribution in [-0.4, -0.2) is 39.6 Å². The number of fused-ring (bicyclic) bond motifs is 1. The van der Waals surface area contributed by atoms with Gasteiger partial charge in [-0.05, 0) is 69.5 Å². The molecule has 8 nitrogen and oxygen atoms in total. The van der Waals surface area contributed by atoms with Gasteiger partial charge >= 0.3 is 0 Å². The number of aromatic nitrogens is 1. The molecular formula is C34H35Cl3F2N8. The molecule has 3 aromatic rings. The highest BCUT2D eigenvalue weighted by Crippen LogP contribution is 2.37. The summed E-state index contributed by atoms with van der Waals surface area (Å²) in [6.07, 6.45) is 6.29. The summed E-state index contributed by atoms with van der Waals surface area (Å²) >= 11 is 18.8. The molecule has 0 unspecified atom stereocenters. The number of hydrazine groups is 2. The minimum atomic E-state index is -0.988. The molecule has 0 aliphatic carbocycles. The first-order valence-electron chi connectivity index (χ1n) is 15.0. The minimum absolute atomic E-state index is 0.114. The van der Waals surface area contributed by atoms with E-state index in [4.69, 9.17) is 34.8 Å². The van der Waals surface area contributed by atoms with Crippen LogP contribution in [0, 0.1) is 11.3 Å². The molecule has 1 aromatic heterocycles. The van der Waals surface area contributed by atoms with Crippen LogP contribution >= 0.6 is 34.8 Å². The predicted molar refractivity (Wildman–Crippen MR) is 187 cm³/mol. The molecule has 2 aliphatic rings. The zero-order chi connectivity index (χ0) is 33.9. The number of hydrogen-bond acceptors (Lipinski definition) is 8. The molecule has 13 heteroatoms. The van der Waals surface area contributed by atoms with Crippen molar-refractivity contribution >= 4 is 57.1 Å². The van der Waals surface area contributed by atoms with Gasteiger partial charge in [0.1, 0.15) is 6.07 Å². The van der Waals surface area contributed by atoms with Gasteiger partial charge in [0.05, 0.1) is 50.6 Å². The highest BCUT2D eigenvalue weighted by Gasteiger charge is 2.32. The Bertz CT molecular complexity index is 1790. The Kier molecular flexibility index (Phi) is 10.6. The predicted octanol–water partition coefficient (Wildman–Crippen LogP) is 8.82. The van der Waals surface area contributed by atoms with Crippen LogP contribution < -0.4 is 21.6 Å². The molecule has 4 N–H and O–H groups in total. The van der Waals surface area contributed by atoms with E-state index in [9.17, 15) is 14.0 Å². The molecule has 246 valence electrons. The summed E-state index contributed by atoms with van der Waals surface area (Å²) in [5, 5.41) is 19.2. The van der Waals surface area contributed by atoms with Gasteiger partial charge in [-0.15, -0.1) is 5.53 Å². The smallest absolute Gasteiger partial charge is 0.164 e. The Balaban J connectivity index is 1.49. The number of nitriles is 1. The molecule has 47 heavy (non-hydrogen) atoms. The number of halogens is 5. The standard InChI is InChI=1S/C34H35Cl3F2N8/c1-20(30(39)27(36)9-12-38)42-31-22(17-40)18-41-33-26(31)15-24(16-28(33)37)43-32(21-5-7-23(35)8-6-21)29-19-47(45-44-29)25-10-13-46(14-11-25)34(2,3)4/h5-9,12,15-16,18-19,25,32,43-45H,1,10-11,13-14H2,2-4H3,(H,41,42)/b12-9-,30-27-/t32-/m0/s1. The molecule has 2 aliphatic heterocycles. The van der Waals surface area contributed by atoms with E-state index >= 15 is 0 Å². The number of pyridine rings is 1. The first-order chi connectivity index (χ1) is 22.4. The summed E-state index contributed by atoms with van der Waals surface area (Å²) in [4.78, 5) is 6.88. The molecular weight excluding hydrogens is 665 g/mol. The van der Waals surface area contributed by atoms with E-state index in [2.05, 4.69) is 76.1 Å². The van der Waals surface area contributed by atoms with Crippen molar-refractivity contribution in [2.24, 2.45) is 0 Å². The summed E-state index contributed by atoms with van der Waals surface area (Å²) in [6, 6.07) is 13.0. The van der Waals surface area contributed by atoms with E-state index < -0.39 is 10.9 Å². The Labute approximate surface area is 288 Å². The van der Waals surface area contributed by atoms with Crippen molar-refractivity contribution in [3.8, 4) is 6.07 Å². The summed E-state index contributed by atoms with van der Waals surface area (Å²) in [5.74, 6) is -0.988. The van der Waals surface area contributed by atoms with Gasteiger partial charge in [0, 0.05) is 53.2 Å². The maximum atomic E-state index is 14.9. The van der Waals surface area contributed by atoms with E-state index in [0.29, 0.717) is 32.7 Å². The number of nitrogens with zero attached hydrogens (tertiary/aromatic N) is 4. The third kappa shape index (κ3) is 7.83. The first-order valence-corrected chi connectivity index (χ1v) is 16.1. The van der Waals surface area contributed by atoms with E-state index in [1.54, 1.807) is 12.1 Å². The second-order valence-electron chi connectivity index (χ2n) is 12.3. The third-order valence-electron chi connectivity index (χ3n) is 8.24. The normalized spacial score (nSPS) is 17.3. The van der Waals surface area contributed by atoms with Crippen LogP contribution in [0.3, 0.4) is 0 Å². The zero-order valence-electron chi connectivity index (χ0n) is 26.1. The molecule has 2 aromatic carbocycles. The average Bonchev–Trinajstić information content (AvgIpc) is 3.54. The highest BCUT2D eigenvalue weighted by atomic mass is 35.5. The lowest BCUT2D eigenvalue weighted by molar-refractivity contribution is 0.0570. The van der Waals surface area contributed by atoms with Crippen molar-refractivity contribution in [2.75, 3.05) is 23.7 Å². The first kappa shape index (κ1) is 34.5. The lowest BCUT2D eigenvalue weighted by Gasteiger charge is -2.42. The Morgan fingerprint density at radius 3 is 2.53 bits per heavy atom. The van der Waals surface area contributed by atoms with Crippen molar-refractivity contribution in [1.82, 2.24) is 25.9 Å². The number of anilines is 2. The van der Waals surface area contributed by atoms with Crippen molar-refractivity contribution in [3.05, 3.63) is 111 Å². The number of likely N-dealkylation sites (tertiary alicyclic amines) is 1. The van der Waals surface area contributed by atoms with Crippen LogP contribution in [0.5, 0.6) is 0 Å². The molecule has 0 amide bonds. The van der Waals surface area contributed by atoms with Crippen molar-refractivity contribution in [3.63, 3.8) is 0 Å². The highest BCUT2D eigenvalue weighted by molar-refractivity contribution is 6.36. The fourth-order valence-electron chi connectivity index (χ4n) is 5.71. The second kappa shape index (κ2) is 14.5. The van der Waals surface area contributed by atoms with E-state index in [1.165, 1.54) is 6.20 Å². The minimum Gasteiger partial charge on any atom is -0.373 e. The molecule has 3 heterocycles. The molecule has 0 radical (unpaired) electrons. The Morgan fingerprint density at radius 2 is 1.89 bits per heavy atom. The maximum absolute atomic E-state index is 14.9. The quantitative estimate of drug-likeness (QED) is 0.165. The molecule has 5 rings (SSSR count). The van der Waals surface area contributed by atoms with Crippen molar-refractivity contribution in [1.29, 1.82) is 5.26 Å². The summed E-state index contributed by atoms with van der Waals surface area (Å²) < 4.78 is 27.5. The maximum Gasteiger partial charge on any atom is 0.164 e. The largest absolute Gasteiger partial charge is 0.373 e. The van der Waals surface area contributed by atoms with Gasteiger partial charge in [-0.3, -0.25) is 14.9 Å². The van der Waals surface area contributed by atoms with Gasteiger partial charge in [0.2, 0.25) is 0 Å². The Hall–Kier alpha value is -3.85. The molecule has 0 saturated carbocycles. The monoisotopic (exact) mass is 698 g/mol. The number of benzene rings is 2. The average molecular weight is 700 g/mol. The zero-order valence-corrected chi connectivity index (χ0v) is 28.4. The number of rotatable bonds is 9. The van der Waals surface area contributed by atoms with Crippen LogP contribution in [0.4, 0.5) is 20.2 Å². The molecule has 0 spiro atoms. The molecule has 1 atom stereocenters. The van der Waals surface area contributed by atoms with Gasteiger partial charge in [-0.25, -0.2) is 8.78 Å². The number of hydrogen-bond donors (Lipinski definition) is 4. The number of allylic oxidation sites excluding steroid dienone is 3. The van der Waals surface area contributed by atoms with Crippen LogP contribution in [0.1, 0.15) is 50.8 Å². The van der Waals surface area contributed by atoms with Crippen LogP contribution in [0.25, 0.3) is 10.9 Å². The molecule has 1 saturated heterocycles. The Morgan fingerprint density at radius 1 is 1.19 bits per heavy atom. The topological polar surface area (TPSA) is 91.3 Å². The van der Waals surface area contributed by atoms with Crippen LogP contribution in [0.15, 0.2) is 90.0 Å². The van der Waals surface area contributed by atoms with Crippen LogP contribution in [0.2, 0.25) is 10.0 Å². The van der Waals surface area contributed by atoms with E-state index in [1.807, 2.05) is 24.3 Å². The lowest BCUT2D eigenvalue weighted by Crippen LogP contribution is -2.52. The lowest BCUT2D eigenvalue weighted by atomic mass is 9.98. The third-order valence-corrected chi connectivity index (χ3v) is 9.08. The van der Waals surface area contributed by atoms with E-state index in [-0.39, 0.29) is 34.9 Å². The number of nitrogens with one attached hydrogen (secondary N) is 4. The van der Waals surface area contributed by atoms with E-state index in [0.717, 1.165) is 43.3 Å². The number of piperidine rings is 1. The SMILES string of the molecule is C=C(Nc1c(C#N)cnc2c(Cl)cc(N[C@H](C3=CN(C4CCN(C(C)(C)C)CC4)NN3)c3ccc(Cl)cc3)cc12)/C(F)=C(Cl)\C=C/F. The summed E-state index contributed by atoms with van der Waals surface area (Å²) in [7, 11) is 0. The van der Waals surface area contributed by atoms with Crippen molar-refractivity contribution < 1.29 is 8.78 Å². The van der Waals surface area contributed by atoms with Crippen LogP contribution in [-0.2, 0) is 0 Å². The van der Waals surface area contributed by atoms with Gasteiger partial charge in [0.25, 0.3) is 0 Å². The molecule has 0 bridgehead atoms. The van der Waals surface area contributed by atoms with Crippen molar-refractivity contribution in [2.45, 2.75) is 51.2 Å².